The summed E-state index contributed by atoms with van der Waals surface area (Å²) < 4.78 is 10.4. The van der Waals surface area contributed by atoms with Crippen molar-refractivity contribution < 1.29 is 9.26 Å². The van der Waals surface area contributed by atoms with E-state index < -0.39 is 0 Å². The Morgan fingerprint density at radius 1 is 1.21 bits per heavy atom. The van der Waals surface area contributed by atoms with Crippen LogP contribution in [0.25, 0.3) is 0 Å². The molecule has 1 aromatic carbocycles. The van der Waals surface area contributed by atoms with Crippen LogP contribution in [0, 0.1) is 0 Å². The molecular formula is C18H26N4O2. The highest BCUT2D eigenvalue weighted by Crippen LogP contribution is 2.11. The van der Waals surface area contributed by atoms with Crippen molar-refractivity contribution in [1.29, 1.82) is 0 Å². The summed E-state index contributed by atoms with van der Waals surface area (Å²) >= 11 is 0. The van der Waals surface area contributed by atoms with Crippen LogP contribution < -0.4 is 15.4 Å². The van der Waals surface area contributed by atoms with Gasteiger partial charge < -0.3 is 19.9 Å². The zero-order valence-electron chi connectivity index (χ0n) is 14.6. The molecule has 0 radical (unpaired) electrons. The third kappa shape index (κ3) is 5.61. The molecule has 0 amide bonds. The first-order chi connectivity index (χ1) is 11.7. The molecule has 0 saturated heterocycles. The summed E-state index contributed by atoms with van der Waals surface area (Å²) in [4.78, 5) is 4.53. The standard InChI is InChI=1S/C18H26N4O2/c1-4-15-12-17(24-22-15)13-21-18(19-5-2)20-11-10-14-6-8-16(23-3)9-7-14/h6-9,12H,4-5,10-11,13H2,1-3H3,(H2,19,20,21). The Labute approximate surface area is 143 Å². The summed E-state index contributed by atoms with van der Waals surface area (Å²) in [7, 11) is 1.67. The van der Waals surface area contributed by atoms with E-state index in [1.807, 2.05) is 25.1 Å². The number of methoxy groups -OCH3 is 1. The van der Waals surface area contributed by atoms with Gasteiger partial charge in [-0.2, -0.15) is 0 Å². The molecule has 1 aromatic heterocycles. The molecule has 24 heavy (non-hydrogen) atoms. The van der Waals surface area contributed by atoms with Gasteiger partial charge in [0.15, 0.2) is 11.7 Å². The zero-order chi connectivity index (χ0) is 17.2. The van der Waals surface area contributed by atoms with Crippen molar-refractivity contribution in [1.82, 2.24) is 15.8 Å². The van der Waals surface area contributed by atoms with Gasteiger partial charge in [0.25, 0.3) is 0 Å². The van der Waals surface area contributed by atoms with E-state index in [1.165, 1.54) is 5.56 Å². The van der Waals surface area contributed by atoms with Gasteiger partial charge in [0, 0.05) is 19.2 Å². The number of aromatic nitrogens is 1. The molecule has 2 rings (SSSR count). The lowest BCUT2D eigenvalue weighted by Crippen LogP contribution is -2.38. The van der Waals surface area contributed by atoms with E-state index in [9.17, 15) is 0 Å². The molecule has 2 aromatic rings. The van der Waals surface area contributed by atoms with Crippen LogP contribution in [0.4, 0.5) is 0 Å². The molecule has 0 bridgehead atoms. The number of guanidine groups is 1. The minimum absolute atomic E-state index is 0.477. The lowest BCUT2D eigenvalue weighted by atomic mass is 10.1. The van der Waals surface area contributed by atoms with Crippen LogP contribution >= 0.6 is 0 Å². The van der Waals surface area contributed by atoms with Gasteiger partial charge in [-0.05, 0) is 37.5 Å². The summed E-state index contributed by atoms with van der Waals surface area (Å²) in [6, 6.07) is 10.1. The summed E-state index contributed by atoms with van der Waals surface area (Å²) in [5.74, 6) is 2.43. The van der Waals surface area contributed by atoms with Gasteiger partial charge >= 0.3 is 0 Å². The molecule has 130 valence electrons. The van der Waals surface area contributed by atoms with Crippen LogP contribution in [-0.4, -0.2) is 31.3 Å². The van der Waals surface area contributed by atoms with Gasteiger partial charge in [-0.15, -0.1) is 0 Å². The maximum absolute atomic E-state index is 5.26. The topological polar surface area (TPSA) is 71.7 Å². The van der Waals surface area contributed by atoms with E-state index in [2.05, 4.69) is 39.8 Å². The lowest BCUT2D eigenvalue weighted by Gasteiger charge is -2.11. The van der Waals surface area contributed by atoms with Crippen molar-refractivity contribution in [2.45, 2.75) is 33.2 Å². The Morgan fingerprint density at radius 2 is 2.00 bits per heavy atom. The first-order valence-corrected chi connectivity index (χ1v) is 8.34. The number of rotatable bonds is 8. The van der Waals surface area contributed by atoms with Crippen molar-refractivity contribution >= 4 is 5.96 Å². The Hall–Kier alpha value is -2.50. The highest BCUT2D eigenvalue weighted by molar-refractivity contribution is 5.79. The van der Waals surface area contributed by atoms with Gasteiger partial charge in [0.2, 0.25) is 0 Å². The second kappa shape index (κ2) is 9.60. The van der Waals surface area contributed by atoms with E-state index in [0.717, 1.165) is 49.1 Å². The minimum Gasteiger partial charge on any atom is -0.497 e. The Bertz CT molecular complexity index is 635. The smallest absolute Gasteiger partial charge is 0.191 e. The quantitative estimate of drug-likeness (QED) is 0.575. The second-order valence-electron chi connectivity index (χ2n) is 5.36. The Kier molecular flexibility index (Phi) is 7.14. The minimum atomic E-state index is 0.477. The fourth-order valence-corrected chi connectivity index (χ4v) is 2.21. The Balaban J connectivity index is 1.84. The first kappa shape index (κ1) is 17.8. The van der Waals surface area contributed by atoms with Crippen molar-refractivity contribution in [3.63, 3.8) is 0 Å². The molecule has 0 aliphatic carbocycles. The number of aliphatic imine (C=N–C) groups is 1. The molecule has 6 nitrogen and oxygen atoms in total. The van der Waals surface area contributed by atoms with Crippen LogP contribution in [0.5, 0.6) is 5.75 Å². The largest absolute Gasteiger partial charge is 0.497 e. The highest BCUT2D eigenvalue weighted by Gasteiger charge is 2.03. The average molecular weight is 330 g/mol. The molecule has 0 spiro atoms. The van der Waals surface area contributed by atoms with Crippen LogP contribution in [0.2, 0.25) is 0 Å². The van der Waals surface area contributed by atoms with Crippen molar-refractivity contribution in [3.8, 4) is 5.75 Å². The Morgan fingerprint density at radius 3 is 2.62 bits per heavy atom. The van der Waals surface area contributed by atoms with Gasteiger partial charge in [-0.3, -0.25) is 0 Å². The number of aryl methyl sites for hydroxylation is 1. The predicted molar refractivity (Wildman–Crippen MR) is 95.4 cm³/mol. The fraction of sp³-hybridized carbons (Fsp3) is 0.444. The third-order valence-corrected chi connectivity index (χ3v) is 3.57. The SMILES string of the molecule is CCNC(=NCc1cc(CC)no1)NCCc1ccc(OC)cc1. The summed E-state index contributed by atoms with van der Waals surface area (Å²) in [5.41, 5.74) is 2.21. The zero-order valence-corrected chi connectivity index (χ0v) is 14.6. The van der Waals surface area contributed by atoms with Gasteiger partial charge in [-0.25, -0.2) is 4.99 Å². The molecule has 0 atom stereocenters. The molecule has 0 aliphatic rings. The number of hydrogen-bond donors (Lipinski definition) is 2. The highest BCUT2D eigenvalue weighted by atomic mass is 16.5. The maximum Gasteiger partial charge on any atom is 0.191 e. The lowest BCUT2D eigenvalue weighted by molar-refractivity contribution is 0.379. The number of nitrogens with one attached hydrogen (secondary N) is 2. The van der Waals surface area contributed by atoms with E-state index >= 15 is 0 Å². The van der Waals surface area contributed by atoms with Crippen LogP contribution in [-0.2, 0) is 19.4 Å². The number of hydrogen-bond acceptors (Lipinski definition) is 4. The van der Waals surface area contributed by atoms with Gasteiger partial charge in [-0.1, -0.05) is 24.2 Å². The number of benzene rings is 1. The molecule has 6 heteroatoms. The molecule has 0 aliphatic heterocycles. The average Bonchev–Trinajstić information content (AvgIpc) is 3.08. The third-order valence-electron chi connectivity index (χ3n) is 3.57. The molecule has 0 unspecified atom stereocenters. The number of nitrogens with zero attached hydrogens (tertiary/aromatic N) is 2. The molecule has 2 N–H and O–H groups in total. The molecule has 0 fully saturated rings. The molecule has 0 saturated carbocycles. The summed E-state index contributed by atoms with van der Waals surface area (Å²) in [5, 5.41) is 10.5. The fourth-order valence-electron chi connectivity index (χ4n) is 2.21. The van der Waals surface area contributed by atoms with Crippen molar-refractivity contribution in [2.75, 3.05) is 20.2 Å². The summed E-state index contributed by atoms with van der Waals surface area (Å²) in [6.07, 6.45) is 1.78. The van der Waals surface area contributed by atoms with E-state index in [-0.39, 0.29) is 0 Å². The molecular weight excluding hydrogens is 304 g/mol. The van der Waals surface area contributed by atoms with E-state index in [1.54, 1.807) is 7.11 Å². The molecule has 1 heterocycles. The monoisotopic (exact) mass is 330 g/mol. The van der Waals surface area contributed by atoms with Crippen molar-refractivity contribution in [2.24, 2.45) is 4.99 Å². The van der Waals surface area contributed by atoms with E-state index in [0.29, 0.717) is 6.54 Å². The van der Waals surface area contributed by atoms with Gasteiger partial charge in [0.05, 0.1) is 12.8 Å². The predicted octanol–water partition coefficient (Wildman–Crippen LogP) is 2.54. The van der Waals surface area contributed by atoms with Crippen LogP contribution in [0.3, 0.4) is 0 Å². The van der Waals surface area contributed by atoms with E-state index in [4.69, 9.17) is 9.26 Å². The van der Waals surface area contributed by atoms with Crippen molar-refractivity contribution in [3.05, 3.63) is 47.3 Å². The summed E-state index contributed by atoms with van der Waals surface area (Å²) in [6.45, 7) is 6.19. The van der Waals surface area contributed by atoms with Gasteiger partial charge in [0.1, 0.15) is 12.3 Å². The van der Waals surface area contributed by atoms with Crippen LogP contribution in [0.1, 0.15) is 30.9 Å². The normalized spacial score (nSPS) is 11.4. The maximum atomic E-state index is 5.26. The number of ether oxygens (including phenoxy) is 1. The second-order valence-corrected chi connectivity index (χ2v) is 5.36. The van der Waals surface area contributed by atoms with Crippen LogP contribution in [0.15, 0.2) is 39.8 Å². The first-order valence-electron chi connectivity index (χ1n) is 8.34.